The minimum absolute atomic E-state index is 0.0121. The number of allylic oxidation sites excluding steroid dienone is 1. The molecule has 0 saturated carbocycles. The predicted octanol–water partition coefficient (Wildman–Crippen LogP) is 5.29. The molecular weight excluding hydrogens is 697 g/mol. The first-order chi connectivity index (χ1) is 21.2. The van der Waals surface area contributed by atoms with E-state index in [-0.39, 0.29) is 17.9 Å². The SMILES string of the molecule is CCOc1cc(/C=c2\sc3n(c2=O)[C@H](c2ccccc2)C(C(=O)OC)=C(CC)N=3)cc(I)c1OCc1cccc([N+](=O)[O-])c1. The predicted molar refractivity (Wildman–Crippen MR) is 175 cm³/mol. The van der Waals surface area contributed by atoms with Crippen molar-refractivity contribution in [2.24, 2.45) is 4.99 Å². The first-order valence-corrected chi connectivity index (χ1v) is 15.7. The van der Waals surface area contributed by atoms with Crippen LogP contribution in [0.1, 0.15) is 43.0 Å². The number of nitrogens with zero attached hydrogens (tertiary/aromatic N) is 3. The fourth-order valence-corrected chi connectivity index (χ4v) is 6.76. The molecule has 2 heterocycles. The number of carbonyl (C=O) groups is 1. The molecule has 12 heteroatoms. The minimum atomic E-state index is -0.680. The van der Waals surface area contributed by atoms with Gasteiger partial charge in [-0.2, -0.15) is 0 Å². The topological polar surface area (TPSA) is 122 Å². The van der Waals surface area contributed by atoms with Crippen LogP contribution in [0.25, 0.3) is 6.08 Å². The van der Waals surface area contributed by atoms with Crippen LogP contribution in [-0.4, -0.2) is 29.2 Å². The highest BCUT2D eigenvalue weighted by atomic mass is 127. The highest BCUT2D eigenvalue weighted by molar-refractivity contribution is 14.1. The van der Waals surface area contributed by atoms with Gasteiger partial charge in [0.2, 0.25) is 0 Å². The summed E-state index contributed by atoms with van der Waals surface area (Å²) in [5, 5.41) is 11.2. The van der Waals surface area contributed by atoms with Crippen LogP contribution in [0.15, 0.2) is 87.8 Å². The van der Waals surface area contributed by atoms with Gasteiger partial charge in [-0.25, -0.2) is 9.79 Å². The van der Waals surface area contributed by atoms with E-state index in [9.17, 15) is 19.7 Å². The van der Waals surface area contributed by atoms with E-state index in [1.54, 1.807) is 28.8 Å². The van der Waals surface area contributed by atoms with E-state index in [0.717, 1.165) is 9.13 Å². The Kier molecular flexibility index (Phi) is 9.59. The fourth-order valence-electron chi connectivity index (χ4n) is 4.96. The van der Waals surface area contributed by atoms with Gasteiger partial charge in [-0.15, -0.1) is 0 Å². The summed E-state index contributed by atoms with van der Waals surface area (Å²) in [5.41, 5.74) is 2.77. The number of ether oxygens (including phenoxy) is 3. The van der Waals surface area contributed by atoms with Crippen molar-refractivity contribution in [3.8, 4) is 11.5 Å². The number of methoxy groups -OCH3 is 1. The van der Waals surface area contributed by atoms with Crippen molar-refractivity contribution in [2.45, 2.75) is 32.9 Å². The molecule has 226 valence electrons. The summed E-state index contributed by atoms with van der Waals surface area (Å²) in [6, 6.07) is 18.6. The number of non-ortho nitro benzene ring substituents is 1. The van der Waals surface area contributed by atoms with E-state index in [2.05, 4.69) is 22.6 Å². The molecule has 1 aromatic heterocycles. The Balaban J connectivity index is 1.57. The normalized spacial score (nSPS) is 14.5. The highest BCUT2D eigenvalue weighted by Gasteiger charge is 2.33. The van der Waals surface area contributed by atoms with Gasteiger partial charge in [-0.3, -0.25) is 19.5 Å². The van der Waals surface area contributed by atoms with E-state index >= 15 is 0 Å². The lowest BCUT2D eigenvalue weighted by Crippen LogP contribution is -2.40. The summed E-state index contributed by atoms with van der Waals surface area (Å²) < 4.78 is 19.8. The second-order valence-corrected chi connectivity index (χ2v) is 11.8. The molecule has 3 aromatic carbocycles. The van der Waals surface area contributed by atoms with Crippen molar-refractivity contribution in [1.82, 2.24) is 4.57 Å². The molecule has 0 aliphatic carbocycles. The summed E-state index contributed by atoms with van der Waals surface area (Å²) in [6.07, 6.45) is 2.26. The summed E-state index contributed by atoms with van der Waals surface area (Å²) >= 11 is 3.39. The molecule has 4 aromatic rings. The molecule has 0 unspecified atom stereocenters. The molecule has 1 aliphatic rings. The van der Waals surface area contributed by atoms with Crippen molar-refractivity contribution in [2.75, 3.05) is 13.7 Å². The number of carbonyl (C=O) groups excluding carboxylic acids is 1. The third-order valence-corrected chi connectivity index (χ3v) is 8.68. The number of nitro groups is 1. The van der Waals surface area contributed by atoms with Gasteiger partial charge in [-0.05, 0) is 70.8 Å². The zero-order chi connectivity index (χ0) is 31.4. The first-order valence-electron chi connectivity index (χ1n) is 13.8. The van der Waals surface area contributed by atoms with Crippen LogP contribution < -0.4 is 24.4 Å². The van der Waals surface area contributed by atoms with E-state index in [1.165, 1.54) is 30.6 Å². The van der Waals surface area contributed by atoms with Crippen molar-refractivity contribution < 1.29 is 23.9 Å². The molecule has 0 fully saturated rings. The summed E-state index contributed by atoms with van der Waals surface area (Å²) in [6.45, 7) is 4.26. The van der Waals surface area contributed by atoms with Gasteiger partial charge in [-0.1, -0.05) is 60.7 Å². The molecule has 1 aliphatic heterocycles. The van der Waals surface area contributed by atoms with Crippen LogP contribution in [0.3, 0.4) is 0 Å². The number of thiazole rings is 1. The molecule has 0 saturated heterocycles. The number of esters is 1. The Morgan fingerprint density at radius 2 is 1.89 bits per heavy atom. The van der Waals surface area contributed by atoms with Gasteiger partial charge in [0, 0.05) is 12.1 Å². The average molecular weight is 726 g/mol. The second kappa shape index (κ2) is 13.6. The van der Waals surface area contributed by atoms with E-state index < -0.39 is 16.9 Å². The Bertz CT molecular complexity index is 1950. The highest BCUT2D eigenvalue weighted by Crippen LogP contribution is 2.36. The fraction of sp³-hybridized carbons (Fsp3) is 0.219. The van der Waals surface area contributed by atoms with Crippen LogP contribution in [-0.2, 0) is 16.1 Å². The van der Waals surface area contributed by atoms with Crippen LogP contribution in [0.4, 0.5) is 5.69 Å². The third-order valence-electron chi connectivity index (χ3n) is 6.90. The van der Waals surface area contributed by atoms with Gasteiger partial charge < -0.3 is 14.2 Å². The van der Waals surface area contributed by atoms with Crippen molar-refractivity contribution in [1.29, 1.82) is 0 Å². The Labute approximate surface area is 270 Å². The largest absolute Gasteiger partial charge is 0.490 e. The van der Waals surface area contributed by atoms with Crippen LogP contribution in [0.5, 0.6) is 11.5 Å². The maximum absolute atomic E-state index is 14.0. The summed E-state index contributed by atoms with van der Waals surface area (Å²) in [5.74, 6) is 0.453. The Morgan fingerprint density at radius 1 is 1.11 bits per heavy atom. The molecule has 0 bridgehead atoms. The molecule has 5 rings (SSSR count). The number of benzene rings is 3. The van der Waals surface area contributed by atoms with Gasteiger partial charge in [0.05, 0.1) is 44.1 Å². The monoisotopic (exact) mass is 725 g/mol. The lowest BCUT2D eigenvalue weighted by atomic mass is 9.95. The maximum atomic E-state index is 14.0. The van der Waals surface area contributed by atoms with Crippen molar-refractivity contribution >= 4 is 51.7 Å². The minimum Gasteiger partial charge on any atom is -0.490 e. The first kappa shape index (κ1) is 31.1. The average Bonchev–Trinajstić information content (AvgIpc) is 3.33. The molecule has 0 amide bonds. The van der Waals surface area contributed by atoms with Crippen LogP contribution >= 0.6 is 33.9 Å². The van der Waals surface area contributed by atoms with Gasteiger partial charge >= 0.3 is 5.97 Å². The summed E-state index contributed by atoms with van der Waals surface area (Å²) in [7, 11) is 1.32. The molecule has 0 spiro atoms. The van der Waals surface area contributed by atoms with Crippen LogP contribution in [0, 0.1) is 13.7 Å². The molecule has 0 radical (unpaired) electrons. The lowest BCUT2D eigenvalue weighted by Gasteiger charge is -2.25. The number of aromatic nitrogens is 1. The number of fused-ring (bicyclic) bond motifs is 1. The number of hydrogen-bond donors (Lipinski definition) is 0. The number of hydrogen-bond acceptors (Lipinski definition) is 9. The maximum Gasteiger partial charge on any atom is 0.338 e. The van der Waals surface area contributed by atoms with E-state index in [1.807, 2.05) is 50.2 Å². The van der Waals surface area contributed by atoms with Crippen LogP contribution in [0.2, 0.25) is 0 Å². The van der Waals surface area contributed by atoms with Gasteiger partial charge in [0.15, 0.2) is 16.3 Å². The molecule has 0 N–H and O–H groups in total. The zero-order valence-electron chi connectivity index (χ0n) is 24.1. The van der Waals surface area contributed by atoms with E-state index in [4.69, 9.17) is 19.2 Å². The lowest BCUT2D eigenvalue weighted by molar-refractivity contribution is -0.384. The van der Waals surface area contributed by atoms with E-state index in [0.29, 0.717) is 56.3 Å². The second-order valence-electron chi connectivity index (χ2n) is 9.68. The summed E-state index contributed by atoms with van der Waals surface area (Å²) in [4.78, 5) is 42.9. The quantitative estimate of drug-likeness (QED) is 0.0943. The molecule has 10 nitrogen and oxygen atoms in total. The molecule has 44 heavy (non-hydrogen) atoms. The molecular formula is C32H28IN3O7S. The molecule has 1 atom stereocenters. The Morgan fingerprint density at radius 3 is 2.57 bits per heavy atom. The van der Waals surface area contributed by atoms with Crippen molar-refractivity contribution in [3.05, 3.63) is 128 Å². The Hall–Kier alpha value is -4.30. The number of halogens is 1. The number of rotatable bonds is 10. The zero-order valence-corrected chi connectivity index (χ0v) is 27.1. The number of nitro benzene ring substituents is 1. The van der Waals surface area contributed by atoms with Crippen molar-refractivity contribution in [3.63, 3.8) is 0 Å². The smallest absolute Gasteiger partial charge is 0.338 e. The van der Waals surface area contributed by atoms with Gasteiger partial charge in [0.1, 0.15) is 6.61 Å². The standard InChI is InChI=1S/C32H28IN3O7S/c1-4-24-27(31(38)41-3)28(21-11-7-6-8-12-21)35-30(37)26(44-32(35)34-24)17-20-15-23(33)29(25(16-20)42-5-2)43-18-19-10-9-13-22(14-19)36(39)40/h6-17,28H,4-5,18H2,1-3H3/b26-17-/t28-/m1/s1. The van der Waals surface area contributed by atoms with Gasteiger partial charge in [0.25, 0.3) is 11.2 Å². The third kappa shape index (κ3) is 6.31.